The summed E-state index contributed by atoms with van der Waals surface area (Å²) in [6.45, 7) is 3.27. The fraction of sp³-hybridized carbons (Fsp3) is 0.611. The first-order chi connectivity index (χ1) is 10.5. The highest BCUT2D eigenvalue weighted by atomic mass is 16.5. The molecule has 5 rings (SSSR count). The van der Waals surface area contributed by atoms with Crippen LogP contribution in [0.3, 0.4) is 0 Å². The average Bonchev–Trinajstić information content (AvgIpc) is 2.81. The van der Waals surface area contributed by atoms with Crippen molar-refractivity contribution in [3.63, 3.8) is 0 Å². The van der Waals surface area contributed by atoms with E-state index in [0.29, 0.717) is 30.0 Å². The van der Waals surface area contributed by atoms with Gasteiger partial charge in [-0.1, -0.05) is 13.0 Å². The lowest BCUT2D eigenvalue weighted by molar-refractivity contribution is -0.133. The number of Topliss-reactive ketones (excluding diaryl/α,β-unsaturated/α-hetero) is 1. The summed E-state index contributed by atoms with van der Waals surface area (Å²) in [5.41, 5.74) is 2.19. The van der Waals surface area contributed by atoms with E-state index in [1.807, 2.05) is 6.07 Å². The van der Waals surface area contributed by atoms with Gasteiger partial charge in [-0.05, 0) is 43.4 Å². The lowest BCUT2D eigenvalue weighted by Crippen LogP contribution is -2.57. The molecular formula is C18H21NO3. The number of fused-ring (bicyclic) bond motifs is 2. The van der Waals surface area contributed by atoms with Crippen molar-refractivity contribution in [1.29, 1.82) is 0 Å². The Hall–Kier alpha value is -1.55. The predicted octanol–water partition coefficient (Wildman–Crippen LogP) is 1.88. The molecule has 1 saturated heterocycles. The van der Waals surface area contributed by atoms with Crippen LogP contribution in [0, 0.1) is 11.8 Å². The quantitative estimate of drug-likeness (QED) is 0.794. The third-order valence-electron chi connectivity index (χ3n) is 6.73. The molecule has 4 aliphatic rings. The molecule has 5 atom stereocenters. The number of aromatic hydroxyl groups is 1. The summed E-state index contributed by atoms with van der Waals surface area (Å²) in [7, 11) is 2.19. The van der Waals surface area contributed by atoms with Gasteiger partial charge in [0.15, 0.2) is 23.4 Å². The van der Waals surface area contributed by atoms with Crippen molar-refractivity contribution in [2.45, 2.75) is 43.7 Å². The van der Waals surface area contributed by atoms with E-state index in [-0.39, 0.29) is 16.9 Å². The smallest absolute Gasteiger partial charge is 0.174 e. The highest BCUT2D eigenvalue weighted by molar-refractivity contribution is 5.89. The Balaban J connectivity index is 1.85. The summed E-state index contributed by atoms with van der Waals surface area (Å²) in [6, 6.07) is 4.21. The number of carbonyl (C=O) groups is 1. The molecule has 1 aromatic carbocycles. The molecule has 116 valence electrons. The Kier molecular flexibility index (Phi) is 2.27. The molecule has 1 aromatic rings. The zero-order chi connectivity index (χ0) is 15.2. The molecular weight excluding hydrogens is 278 g/mol. The van der Waals surface area contributed by atoms with E-state index in [1.165, 1.54) is 5.56 Å². The van der Waals surface area contributed by atoms with Crippen LogP contribution in [-0.4, -0.2) is 41.5 Å². The molecule has 1 N–H and O–H groups in total. The Morgan fingerprint density at radius 2 is 2.18 bits per heavy atom. The molecule has 2 heterocycles. The van der Waals surface area contributed by atoms with E-state index in [2.05, 4.69) is 18.9 Å². The molecule has 22 heavy (non-hydrogen) atoms. The largest absolute Gasteiger partial charge is 0.504 e. The minimum absolute atomic E-state index is 0.190. The number of phenols is 1. The number of nitrogens with zero attached hydrogens (tertiary/aromatic N) is 1. The van der Waals surface area contributed by atoms with Crippen LogP contribution in [0.15, 0.2) is 12.1 Å². The monoisotopic (exact) mass is 299 g/mol. The van der Waals surface area contributed by atoms with Gasteiger partial charge in [-0.2, -0.15) is 0 Å². The standard InChI is InChI=1S/C18H21NO3/c1-9-12-6-11-3-4-13(20)16-15(11)18(9)7-10(8-19(12)2)5-14(21)17(18)22-16/h3-4,9-10,12,17,20H,5-8H2,1-2H3/t9-,10?,12?,17-,18-/m0/s1. The summed E-state index contributed by atoms with van der Waals surface area (Å²) in [5.74, 6) is 1.78. The van der Waals surface area contributed by atoms with Gasteiger partial charge in [-0.25, -0.2) is 0 Å². The van der Waals surface area contributed by atoms with Crippen LogP contribution >= 0.6 is 0 Å². The van der Waals surface area contributed by atoms with Crippen LogP contribution in [-0.2, 0) is 16.6 Å². The van der Waals surface area contributed by atoms with Gasteiger partial charge < -0.3 is 14.7 Å². The molecule has 1 saturated carbocycles. The van der Waals surface area contributed by atoms with Gasteiger partial charge in [0.2, 0.25) is 0 Å². The minimum atomic E-state index is -0.393. The lowest BCUT2D eigenvalue weighted by Gasteiger charge is -2.48. The van der Waals surface area contributed by atoms with Crippen molar-refractivity contribution in [3.05, 3.63) is 23.3 Å². The second-order valence-electron chi connectivity index (χ2n) is 7.73. The molecule has 0 amide bonds. The topological polar surface area (TPSA) is 49.8 Å². The molecule has 0 aromatic heterocycles. The van der Waals surface area contributed by atoms with Crippen molar-refractivity contribution in [2.75, 3.05) is 13.6 Å². The summed E-state index contributed by atoms with van der Waals surface area (Å²) in [6.07, 6.45) is 2.21. The molecule has 2 fully saturated rings. The van der Waals surface area contributed by atoms with Gasteiger partial charge in [-0.3, -0.25) is 4.79 Å². The SMILES string of the molecule is C[C@H]1C2Cc3ccc(O)c4c3[C@]13CC(CC(=O)[C@@H]3O4)CN2C. The summed E-state index contributed by atoms with van der Waals surface area (Å²) in [5, 5.41) is 10.3. The second-order valence-corrected chi connectivity index (χ2v) is 7.73. The van der Waals surface area contributed by atoms with E-state index in [1.54, 1.807) is 6.07 Å². The number of hydrogen-bond donors (Lipinski definition) is 1. The molecule has 1 spiro atoms. The number of ketones is 1. The van der Waals surface area contributed by atoms with Gasteiger partial charge in [0.1, 0.15) is 0 Å². The fourth-order valence-corrected chi connectivity index (χ4v) is 5.88. The molecule has 2 aliphatic carbocycles. The van der Waals surface area contributed by atoms with Crippen LogP contribution < -0.4 is 4.74 Å². The average molecular weight is 299 g/mol. The van der Waals surface area contributed by atoms with Crippen molar-refractivity contribution >= 4 is 5.78 Å². The second kappa shape index (κ2) is 3.85. The number of ether oxygens (including phenoxy) is 1. The normalized spacial score (nSPS) is 42.0. The lowest BCUT2D eigenvalue weighted by atomic mass is 9.54. The van der Waals surface area contributed by atoms with Gasteiger partial charge >= 0.3 is 0 Å². The van der Waals surface area contributed by atoms with Crippen molar-refractivity contribution in [1.82, 2.24) is 4.90 Å². The number of carbonyl (C=O) groups excluding carboxylic acids is 1. The van der Waals surface area contributed by atoms with E-state index < -0.39 is 6.10 Å². The maximum atomic E-state index is 12.8. The Bertz CT molecular complexity index is 700. The maximum Gasteiger partial charge on any atom is 0.174 e. The van der Waals surface area contributed by atoms with Crippen LogP contribution in [0.25, 0.3) is 0 Å². The summed E-state index contributed by atoms with van der Waals surface area (Å²) < 4.78 is 6.08. The molecule has 4 heteroatoms. The van der Waals surface area contributed by atoms with E-state index in [0.717, 1.165) is 24.9 Å². The maximum absolute atomic E-state index is 12.8. The Morgan fingerprint density at radius 3 is 3.00 bits per heavy atom. The Morgan fingerprint density at radius 1 is 1.36 bits per heavy atom. The van der Waals surface area contributed by atoms with Crippen LogP contribution in [0.2, 0.25) is 0 Å². The number of likely N-dealkylation sites (N-methyl/N-ethyl adjacent to an activating group) is 1. The van der Waals surface area contributed by atoms with Crippen molar-refractivity contribution in [3.8, 4) is 11.5 Å². The van der Waals surface area contributed by atoms with Crippen molar-refractivity contribution < 1.29 is 14.6 Å². The first kappa shape index (κ1) is 12.9. The third kappa shape index (κ3) is 1.27. The van der Waals surface area contributed by atoms with Gasteiger partial charge in [0, 0.05) is 30.0 Å². The highest BCUT2D eigenvalue weighted by Gasteiger charge is 2.64. The molecule has 0 radical (unpaired) electrons. The number of rotatable bonds is 0. The third-order valence-corrected chi connectivity index (χ3v) is 6.73. The zero-order valence-electron chi connectivity index (χ0n) is 13.0. The number of hydrogen-bond acceptors (Lipinski definition) is 4. The number of phenolic OH excluding ortho intramolecular Hbond substituents is 1. The van der Waals surface area contributed by atoms with Crippen molar-refractivity contribution in [2.24, 2.45) is 11.8 Å². The number of benzene rings is 1. The first-order valence-corrected chi connectivity index (χ1v) is 8.27. The van der Waals surface area contributed by atoms with E-state index in [9.17, 15) is 9.90 Å². The minimum Gasteiger partial charge on any atom is -0.504 e. The summed E-state index contributed by atoms with van der Waals surface area (Å²) in [4.78, 5) is 15.2. The fourth-order valence-electron chi connectivity index (χ4n) is 5.88. The molecule has 4 nitrogen and oxygen atoms in total. The van der Waals surface area contributed by atoms with Crippen LogP contribution in [0.5, 0.6) is 11.5 Å². The summed E-state index contributed by atoms with van der Waals surface area (Å²) >= 11 is 0. The number of likely N-dealkylation sites (tertiary alicyclic amines) is 1. The van der Waals surface area contributed by atoms with Gasteiger partial charge in [-0.15, -0.1) is 0 Å². The highest BCUT2D eigenvalue weighted by Crippen LogP contribution is 2.62. The molecule has 2 aliphatic heterocycles. The first-order valence-electron chi connectivity index (χ1n) is 8.27. The van der Waals surface area contributed by atoms with E-state index in [4.69, 9.17) is 4.74 Å². The van der Waals surface area contributed by atoms with Gasteiger partial charge in [0.05, 0.1) is 0 Å². The van der Waals surface area contributed by atoms with Crippen LogP contribution in [0.4, 0.5) is 0 Å². The van der Waals surface area contributed by atoms with Crippen LogP contribution in [0.1, 0.15) is 30.9 Å². The van der Waals surface area contributed by atoms with E-state index >= 15 is 0 Å². The molecule has 3 bridgehead atoms. The van der Waals surface area contributed by atoms with Gasteiger partial charge in [0.25, 0.3) is 0 Å². The molecule has 2 unspecified atom stereocenters. The zero-order valence-corrected chi connectivity index (χ0v) is 13.0. The predicted molar refractivity (Wildman–Crippen MR) is 81.2 cm³/mol. The Labute approximate surface area is 130 Å².